The van der Waals surface area contributed by atoms with Gasteiger partial charge in [0.15, 0.2) is 5.13 Å². The minimum atomic E-state index is -0.576. The fourth-order valence-electron chi connectivity index (χ4n) is 2.99. The molecule has 9 nitrogen and oxygen atoms in total. The van der Waals surface area contributed by atoms with Gasteiger partial charge in [-0.3, -0.25) is 24.1 Å². The van der Waals surface area contributed by atoms with Crippen molar-refractivity contribution in [3.8, 4) is 11.3 Å². The molecule has 4 amide bonds. The Kier molecular flexibility index (Phi) is 4.69. The van der Waals surface area contributed by atoms with Crippen LogP contribution in [0.4, 0.5) is 5.13 Å². The van der Waals surface area contributed by atoms with Crippen molar-refractivity contribution >= 4 is 40.1 Å². The number of hydrogen-bond acceptors (Lipinski definition) is 6. The predicted octanol–water partition coefficient (Wildman–Crippen LogP) is 1.86. The molecule has 0 aliphatic carbocycles. The number of anilines is 1. The quantitative estimate of drug-likeness (QED) is 0.534. The average molecular weight is 409 g/mol. The van der Waals surface area contributed by atoms with Gasteiger partial charge in [-0.2, -0.15) is 0 Å². The van der Waals surface area contributed by atoms with Gasteiger partial charge in [-0.25, -0.2) is 4.98 Å². The van der Waals surface area contributed by atoms with Gasteiger partial charge in [0.25, 0.3) is 17.7 Å². The molecule has 4 rings (SSSR count). The van der Waals surface area contributed by atoms with Crippen molar-refractivity contribution in [1.82, 2.24) is 14.9 Å². The molecule has 0 fully saturated rings. The van der Waals surface area contributed by atoms with Crippen LogP contribution in [0.3, 0.4) is 0 Å². The minimum Gasteiger partial charge on any atom is -0.364 e. The fourth-order valence-corrected chi connectivity index (χ4v) is 3.72. The number of carbonyl (C=O) groups is 4. The summed E-state index contributed by atoms with van der Waals surface area (Å²) in [4.78, 5) is 56.2. The maximum absolute atomic E-state index is 12.3. The van der Waals surface area contributed by atoms with E-state index in [2.05, 4.69) is 15.3 Å². The number of thiazole rings is 1. The number of amides is 4. The molecule has 0 radical (unpaired) electrons. The van der Waals surface area contributed by atoms with Crippen molar-refractivity contribution in [2.24, 2.45) is 5.73 Å². The van der Waals surface area contributed by atoms with E-state index in [1.54, 1.807) is 41.9 Å². The first kappa shape index (κ1) is 18.6. The molecule has 3 heterocycles. The number of hydrogen-bond donors (Lipinski definition) is 3. The van der Waals surface area contributed by atoms with Crippen molar-refractivity contribution in [2.45, 2.75) is 6.42 Å². The summed E-state index contributed by atoms with van der Waals surface area (Å²) in [6, 6.07) is 8.15. The Labute approximate surface area is 168 Å². The molecule has 4 N–H and O–H groups in total. The van der Waals surface area contributed by atoms with Gasteiger partial charge in [-0.05, 0) is 18.2 Å². The van der Waals surface area contributed by atoms with Gasteiger partial charge < -0.3 is 16.0 Å². The van der Waals surface area contributed by atoms with E-state index in [0.29, 0.717) is 27.5 Å². The van der Waals surface area contributed by atoms with Crippen molar-refractivity contribution in [2.75, 3.05) is 11.9 Å². The molecule has 1 aliphatic heterocycles. The summed E-state index contributed by atoms with van der Waals surface area (Å²) in [7, 11) is 0. The molecule has 10 heteroatoms. The second-order valence-electron chi connectivity index (χ2n) is 6.31. The number of primary amides is 1. The normalized spacial score (nSPS) is 12.9. The summed E-state index contributed by atoms with van der Waals surface area (Å²) in [5.41, 5.74) is 7.42. The molecule has 0 atom stereocenters. The number of benzene rings is 1. The minimum absolute atomic E-state index is 0.0177. The highest BCUT2D eigenvalue weighted by molar-refractivity contribution is 7.14. The molecule has 0 bridgehead atoms. The SMILES string of the molecule is NC(=O)c1cc(-c2csc(NC(=O)CCN3C(=O)c4ccccc4C3=O)n2)c[nH]1. The summed E-state index contributed by atoms with van der Waals surface area (Å²) in [5, 5.41) is 4.75. The lowest BCUT2D eigenvalue weighted by Crippen LogP contribution is -2.32. The lowest BCUT2D eigenvalue weighted by molar-refractivity contribution is -0.116. The molecule has 146 valence electrons. The topological polar surface area (TPSA) is 138 Å². The fraction of sp³-hybridized carbons (Fsp3) is 0.105. The highest BCUT2D eigenvalue weighted by atomic mass is 32.1. The molecule has 29 heavy (non-hydrogen) atoms. The van der Waals surface area contributed by atoms with E-state index in [0.717, 1.165) is 4.90 Å². The molecule has 1 aromatic carbocycles. The number of aromatic amines is 1. The zero-order valence-corrected chi connectivity index (χ0v) is 15.8. The number of H-pyrrole nitrogens is 1. The Morgan fingerprint density at radius 3 is 2.48 bits per heavy atom. The second-order valence-corrected chi connectivity index (χ2v) is 7.17. The smallest absolute Gasteiger partial charge is 0.265 e. The monoisotopic (exact) mass is 409 g/mol. The van der Waals surface area contributed by atoms with Gasteiger partial charge in [0, 0.05) is 30.1 Å². The van der Waals surface area contributed by atoms with Gasteiger partial charge in [0.1, 0.15) is 5.69 Å². The van der Waals surface area contributed by atoms with Crippen LogP contribution >= 0.6 is 11.3 Å². The molecular formula is C19H15N5O4S. The molecule has 0 spiro atoms. The number of aromatic nitrogens is 2. The van der Waals surface area contributed by atoms with Crippen LogP contribution in [0.5, 0.6) is 0 Å². The van der Waals surface area contributed by atoms with E-state index in [1.807, 2.05) is 0 Å². The Bertz CT molecular complexity index is 1110. The van der Waals surface area contributed by atoms with Crippen LogP contribution in [-0.2, 0) is 4.79 Å². The molecule has 0 saturated carbocycles. The molecule has 1 aliphatic rings. The van der Waals surface area contributed by atoms with E-state index in [4.69, 9.17) is 5.73 Å². The number of rotatable bonds is 6. The van der Waals surface area contributed by atoms with Crippen LogP contribution in [-0.4, -0.2) is 45.0 Å². The standard InChI is InChI=1S/C19H15N5O4S/c20-16(26)13-7-10(8-21-13)14-9-29-19(22-14)23-15(25)5-6-24-17(27)11-3-1-2-4-12(11)18(24)28/h1-4,7-9,21H,5-6H2,(H2,20,26)(H,22,23,25). The average Bonchev–Trinajstić information content (AvgIpc) is 3.41. The maximum atomic E-state index is 12.3. The van der Waals surface area contributed by atoms with E-state index in [1.165, 1.54) is 11.3 Å². The first-order chi connectivity index (χ1) is 13.9. The lowest BCUT2D eigenvalue weighted by atomic mass is 10.1. The summed E-state index contributed by atoms with van der Waals surface area (Å²) in [6.07, 6.45) is 1.55. The van der Waals surface area contributed by atoms with Crippen LogP contribution in [0, 0.1) is 0 Å². The van der Waals surface area contributed by atoms with Crippen molar-refractivity contribution in [3.63, 3.8) is 0 Å². The predicted molar refractivity (Wildman–Crippen MR) is 105 cm³/mol. The van der Waals surface area contributed by atoms with E-state index in [-0.39, 0.29) is 24.6 Å². The van der Waals surface area contributed by atoms with Crippen LogP contribution in [0.15, 0.2) is 41.9 Å². The number of imide groups is 1. The van der Waals surface area contributed by atoms with E-state index in [9.17, 15) is 19.2 Å². The Balaban J connectivity index is 1.36. The largest absolute Gasteiger partial charge is 0.364 e. The summed E-state index contributed by atoms with van der Waals surface area (Å²) in [6.45, 7) is -0.0177. The van der Waals surface area contributed by atoms with Gasteiger partial charge >= 0.3 is 0 Å². The molecule has 2 aromatic heterocycles. The number of fused-ring (bicyclic) bond motifs is 1. The summed E-state index contributed by atoms with van der Waals surface area (Å²) < 4.78 is 0. The molecule has 0 saturated heterocycles. The van der Waals surface area contributed by atoms with Gasteiger partial charge in [0.2, 0.25) is 5.91 Å². The third-order valence-corrected chi connectivity index (χ3v) is 5.19. The van der Waals surface area contributed by atoms with Crippen molar-refractivity contribution in [1.29, 1.82) is 0 Å². The van der Waals surface area contributed by atoms with Crippen LogP contribution in [0.25, 0.3) is 11.3 Å². The number of carbonyl (C=O) groups excluding carboxylic acids is 4. The second kappa shape index (κ2) is 7.32. The highest BCUT2D eigenvalue weighted by Crippen LogP contribution is 2.26. The first-order valence-electron chi connectivity index (χ1n) is 8.63. The summed E-state index contributed by atoms with van der Waals surface area (Å²) in [5.74, 6) is -1.73. The van der Waals surface area contributed by atoms with Gasteiger partial charge in [0.05, 0.1) is 16.8 Å². The Morgan fingerprint density at radius 1 is 1.17 bits per heavy atom. The van der Waals surface area contributed by atoms with Gasteiger partial charge in [-0.15, -0.1) is 11.3 Å². The van der Waals surface area contributed by atoms with Gasteiger partial charge in [-0.1, -0.05) is 12.1 Å². The van der Waals surface area contributed by atoms with Crippen molar-refractivity contribution in [3.05, 3.63) is 58.7 Å². The van der Waals surface area contributed by atoms with Crippen LogP contribution in [0.1, 0.15) is 37.6 Å². The number of nitrogens with one attached hydrogen (secondary N) is 2. The molecular weight excluding hydrogens is 394 g/mol. The first-order valence-corrected chi connectivity index (χ1v) is 9.51. The molecule has 0 unspecified atom stereocenters. The highest BCUT2D eigenvalue weighted by Gasteiger charge is 2.34. The summed E-state index contributed by atoms with van der Waals surface area (Å²) >= 11 is 1.22. The zero-order valence-electron chi connectivity index (χ0n) is 15.0. The number of nitrogens with two attached hydrogens (primary N) is 1. The maximum Gasteiger partial charge on any atom is 0.265 e. The molecule has 3 aromatic rings. The third kappa shape index (κ3) is 3.52. The van der Waals surface area contributed by atoms with E-state index < -0.39 is 17.7 Å². The van der Waals surface area contributed by atoms with Crippen LogP contribution < -0.4 is 11.1 Å². The van der Waals surface area contributed by atoms with Crippen LogP contribution in [0.2, 0.25) is 0 Å². The van der Waals surface area contributed by atoms with Crippen molar-refractivity contribution < 1.29 is 19.2 Å². The lowest BCUT2D eigenvalue weighted by Gasteiger charge is -2.12. The number of nitrogens with zero attached hydrogens (tertiary/aromatic N) is 2. The van der Waals surface area contributed by atoms with E-state index >= 15 is 0 Å². The zero-order chi connectivity index (χ0) is 20.5. The third-order valence-electron chi connectivity index (χ3n) is 4.44. The Morgan fingerprint density at radius 2 is 1.86 bits per heavy atom. The Hall–Kier alpha value is -3.79.